The van der Waals surface area contributed by atoms with Crippen LogP contribution in [0.3, 0.4) is 0 Å². The van der Waals surface area contributed by atoms with Gasteiger partial charge in [0.2, 0.25) is 5.82 Å². The van der Waals surface area contributed by atoms with Crippen molar-refractivity contribution in [1.29, 1.82) is 0 Å². The molecule has 1 nitrogen and oxygen atoms in total. The summed E-state index contributed by atoms with van der Waals surface area (Å²) < 4.78 is 32.7. The van der Waals surface area contributed by atoms with E-state index in [1.807, 2.05) is 0 Å². The highest BCUT2D eigenvalue weighted by Crippen LogP contribution is 2.29. The summed E-state index contributed by atoms with van der Waals surface area (Å²) >= 11 is 5.64. The predicted octanol–water partition coefficient (Wildman–Crippen LogP) is 4.37. The zero-order valence-corrected chi connectivity index (χ0v) is 11.0. The van der Waals surface area contributed by atoms with Gasteiger partial charge < -0.3 is 4.74 Å². The van der Waals surface area contributed by atoms with E-state index in [0.29, 0.717) is 11.4 Å². The second-order valence-electron chi connectivity index (χ2n) is 3.83. The molecule has 4 heteroatoms. The summed E-state index contributed by atoms with van der Waals surface area (Å²) in [5, 5.41) is 0. The molecule has 0 unspecified atom stereocenters. The normalized spacial score (nSPS) is 10.1. The Morgan fingerprint density at radius 3 is 2.47 bits per heavy atom. The van der Waals surface area contributed by atoms with Crippen LogP contribution in [0.5, 0.6) is 5.75 Å². The molecule has 2 aromatic carbocycles. The molecule has 0 aromatic heterocycles. The molecule has 2 rings (SSSR count). The van der Waals surface area contributed by atoms with Gasteiger partial charge in [-0.3, -0.25) is 0 Å². The Morgan fingerprint density at radius 1 is 1.11 bits per heavy atom. The highest BCUT2D eigenvalue weighted by molar-refractivity contribution is 6.17. The maximum Gasteiger partial charge on any atom is 0.201 e. The lowest BCUT2D eigenvalue weighted by molar-refractivity contribution is 0.314. The van der Waals surface area contributed by atoms with Crippen molar-refractivity contribution in [2.75, 3.05) is 6.61 Å². The molecule has 0 amide bonds. The number of rotatable bonds is 4. The second-order valence-corrected chi connectivity index (χ2v) is 4.10. The van der Waals surface area contributed by atoms with Crippen molar-refractivity contribution in [2.45, 2.75) is 12.8 Å². The van der Waals surface area contributed by atoms with E-state index in [0.717, 1.165) is 5.56 Å². The maximum atomic E-state index is 13.9. The number of hydrogen-bond acceptors (Lipinski definition) is 1. The quantitative estimate of drug-likeness (QED) is 0.756. The van der Waals surface area contributed by atoms with Crippen LogP contribution in [0.1, 0.15) is 12.5 Å². The van der Waals surface area contributed by atoms with Crippen LogP contribution >= 0.6 is 11.6 Å². The predicted molar refractivity (Wildman–Crippen MR) is 70.2 cm³/mol. The molecular weight excluding hydrogens is 270 g/mol. The molecule has 0 saturated heterocycles. The van der Waals surface area contributed by atoms with Crippen LogP contribution in [0.15, 0.2) is 24.3 Å². The van der Waals surface area contributed by atoms with Gasteiger partial charge in [0.1, 0.15) is 0 Å². The minimum absolute atomic E-state index is 0.0925. The molecule has 0 radical (unpaired) electrons. The Morgan fingerprint density at radius 2 is 1.89 bits per heavy atom. The van der Waals surface area contributed by atoms with Gasteiger partial charge in [-0.2, -0.15) is 4.39 Å². The molecule has 0 heterocycles. The van der Waals surface area contributed by atoms with Gasteiger partial charge >= 0.3 is 0 Å². The van der Waals surface area contributed by atoms with E-state index in [2.05, 4.69) is 12.1 Å². The van der Waals surface area contributed by atoms with E-state index in [4.69, 9.17) is 16.3 Å². The fourth-order valence-electron chi connectivity index (χ4n) is 1.66. The highest BCUT2D eigenvalue weighted by atomic mass is 35.5. The highest BCUT2D eigenvalue weighted by Gasteiger charge is 2.15. The number of halogens is 3. The molecule has 0 fully saturated rings. The Kier molecular flexibility index (Phi) is 4.24. The average molecular weight is 281 g/mol. The minimum Gasteiger partial charge on any atom is -0.491 e. The number of alkyl halides is 1. The molecule has 0 aliphatic rings. The molecule has 19 heavy (non-hydrogen) atoms. The first-order valence-electron chi connectivity index (χ1n) is 5.77. The lowest BCUT2D eigenvalue weighted by atomic mass is 10.1. The van der Waals surface area contributed by atoms with Crippen molar-refractivity contribution >= 4 is 11.6 Å². The topological polar surface area (TPSA) is 9.23 Å². The van der Waals surface area contributed by atoms with Crippen LogP contribution in [0.25, 0.3) is 11.1 Å². The Bertz CT molecular complexity index is 567. The summed E-state index contributed by atoms with van der Waals surface area (Å²) in [7, 11) is 0. The van der Waals surface area contributed by atoms with E-state index >= 15 is 0 Å². The van der Waals surface area contributed by atoms with Gasteiger partial charge in [-0.25, -0.2) is 4.39 Å². The molecule has 0 saturated carbocycles. The van der Waals surface area contributed by atoms with Crippen LogP contribution in [-0.4, -0.2) is 6.61 Å². The molecule has 0 spiro atoms. The lowest BCUT2D eigenvalue weighted by Crippen LogP contribution is -1.98. The zero-order chi connectivity index (χ0) is 13.8. The number of benzene rings is 1. The van der Waals surface area contributed by atoms with E-state index < -0.39 is 11.6 Å². The smallest absolute Gasteiger partial charge is 0.201 e. The fourth-order valence-corrected chi connectivity index (χ4v) is 1.81. The Hall–Kier alpha value is -1.79. The van der Waals surface area contributed by atoms with Gasteiger partial charge in [-0.05, 0) is 31.2 Å². The molecular formula is C15H11ClF2O. The van der Waals surface area contributed by atoms with E-state index in [1.165, 1.54) is 12.1 Å². The van der Waals surface area contributed by atoms with E-state index in [-0.39, 0.29) is 17.9 Å². The van der Waals surface area contributed by atoms with Crippen LogP contribution in [-0.2, 0) is 5.88 Å². The van der Waals surface area contributed by atoms with Crippen LogP contribution in [0.4, 0.5) is 8.78 Å². The monoisotopic (exact) mass is 280 g/mol. The summed E-state index contributed by atoms with van der Waals surface area (Å²) in [6.45, 7) is 1.99. The SMILES string of the molecule is CCOc1ccc(-c2c#cc(CCl)cc2)c(F)c1F. The van der Waals surface area contributed by atoms with Gasteiger partial charge in [0.25, 0.3) is 0 Å². The number of ether oxygens (including phenoxy) is 1. The van der Waals surface area contributed by atoms with Crippen LogP contribution in [0.2, 0.25) is 0 Å². The zero-order valence-electron chi connectivity index (χ0n) is 10.3. The third-order valence-corrected chi connectivity index (χ3v) is 2.88. The van der Waals surface area contributed by atoms with Gasteiger partial charge in [-0.15, -0.1) is 11.6 Å². The number of hydrogen-bond donors (Lipinski definition) is 0. The van der Waals surface area contributed by atoms with Crippen molar-refractivity contribution < 1.29 is 13.5 Å². The molecule has 0 atom stereocenters. The molecule has 0 aliphatic carbocycles. The molecule has 2 aromatic rings. The fraction of sp³-hybridized carbons (Fsp3) is 0.200. The summed E-state index contributed by atoms with van der Waals surface area (Å²) in [5.41, 5.74) is 1.30. The van der Waals surface area contributed by atoms with Gasteiger partial charge in [0.05, 0.1) is 12.5 Å². The molecule has 0 aliphatic heterocycles. The standard InChI is InChI=1S/C15H11ClF2O/c1-2-19-13-8-7-12(14(17)15(13)18)11-5-3-10(9-16)4-6-11/h3,5,7-8H,2,9H2,1H3. The minimum atomic E-state index is -0.992. The van der Waals surface area contributed by atoms with Crippen molar-refractivity contribution in [3.63, 3.8) is 0 Å². The first kappa shape index (κ1) is 13.6. The largest absolute Gasteiger partial charge is 0.491 e. The lowest BCUT2D eigenvalue weighted by Gasteiger charge is -2.08. The van der Waals surface area contributed by atoms with E-state index in [1.54, 1.807) is 19.1 Å². The Labute approximate surface area is 115 Å². The van der Waals surface area contributed by atoms with Gasteiger partial charge in [0.15, 0.2) is 11.6 Å². The molecule has 98 valence electrons. The first-order valence-corrected chi connectivity index (χ1v) is 6.30. The summed E-state index contributed by atoms with van der Waals surface area (Å²) in [6.07, 6.45) is 0. The van der Waals surface area contributed by atoms with Crippen molar-refractivity contribution in [3.8, 4) is 16.9 Å². The summed E-state index contributed by atoms with van der Waals surface area (Å²) in [4.78, 5) is 0. The third-order valence-electron chi connectivity index (χ3n) is 2.59. The van der Waals surface area contributed by atoms with Crippen LogP contribution < -0.4 is 4.74 Å². The average Bonchev–Trinajstić information content (AvgIpc) is 2.45. The van der Waals surface area contributed by atoms with Gasteiger partial charge in [-0.1, -0.05) is 12.1 Å². The Balaban J connectivity index is 2.41. The molecule has 0 N–H and O–H groups in total. The van der Waals surface area contributed by atoms with Crippen molar-refractivity contribution in [3.05, 3.63) is 53.6 Å². The first-order chi connectivity index (χ1) is 9.17. The van der Waals surface area contributed by atoms with Crippen molar-refractivity contribution in [1.82, 2.24) is 0 Å². The third kappa shape index (κ3) is 2.80. The van der Waals surface area contributed by atoms with E-state index in [9.17, 15) is 8.78 Å². The van der Waals surface area contributed by atoms with Crippen LogP contribution in [0, 0.1) is 23.8 Å². The van der Waals surface area contributed by atoms with Crippen molar-refractivity contribution in [2.24, 2.45) is 0 Å². The second kappa shape index (κ2) is 5.90. The summed E-state index contributed by atoms with van der Waals surface area (Å²) in [5.74, 6) is -1.73. The van der Waals surface area contributed by atoms with Gasteiger partial charge in [0, 0.05) is 16.7 Å². The maximum absolute atomic E-state index is 13.9. The summed E-state index contributed by atoms with van der Waals surface area (Å²) in [6, 6.07) is 11.8. The molecule has 0 bridgehead atoms.